The van der Waals surface area contributed by atoms with E-state index in [1.807, 2.05) is 13.8 Å². The van der Waals surface area contributed by atoms with Crippen molar-refractivity contribution in [3.05, 3.63) is 34.9 Å². The van der Waals surface area contributed by atoms with Crippen LogP contribution < -0.4 is 5.32 Å². The zero-order valence-electron chi connectivity index (χ0n) is 9.42. The van der Waals surface area contributed by atoms with Gasteiger partial charge in [-0.2, -0.15) is 5.10 Å². The van der Waals surface area contributed by atoms with Crippen molar-refractivity contribution >= 4 is 11.7 Å². The Bertz CT molecular complexity index is 506. The van der Waals surface area contributed by atoms with E-state index in [4.69, 9.17) is 4.42 Å². The van der Waals surface area contributed by atoms with Gasteiger partial charge in [-0.25, -0.2) is 0 Å². The largest absolute Gasteiger partial charge is 0.469 e. The summed E-state index contributed by atoms with van der Waals surface area (Å²) in [6.45, 7) is 5.47. The Kier molecular flexibility index (Phi) is 2.52. The molecule has 2 N–H and O–H groups in total. The molecule has 5 heteroatoms. The number of aromatic amines is 1. The van der Waals surface area contributed by atoms with Crippen LogP contribution in [-0.4, -0.2) is 16.1 Å². The van der Waals surface area contributed by atoms with Gasteiger partial charge in [0.2, 0.25) is 0 Å². The van der Waals surface area contributed by atoms with E-state index < -0.39 is 0 Å². The quantitative estimate of drug-likeness (QED) is 0.813. The van der Waals surface area contributed by atoms with Gasteiger partial charge >= 0.3 is 0 Å². The number of aryl methyl sites for hydroxylation is 3. The van der Waals surface area contributed by atoms with Crippen molar-refractivity contribution in [3.63, 3.8) is 0 Å². The smallest absolute Gasteiger partial charge is 0.260 e. The molecule has 2 rings (SSSR count). The Labute approximate surface area is 92.9 Å². The lowest BCUT2D eigenvalue weighted by Gasteiger charge is -2.00. The topological polar surface area (TPSA) is 70.9 Å². The van der Waals surface area contributed by atoms with E-state index in [0.29, 0.717) is 17.1 Å². The normalized spacial score (nSPS) is 10.4. The van der Waals surface area contributed by atoms with Gasteiger partial charge in [-0.15, -0.1) is 0 Å². The van der Waals surface area contributed by atoms with Gasteiger partial charge in [-0.1, -0.05) is 0 Å². The molecule has 16 heavy (non-hydrogen) atoms. The standard InChI is InChI=1S/C11H13N3O2/c1-6-5-16-8(3)10(6)11(15)12-9-4-7(2)13-14-9/h4-5H,1-3H3,(H2,12,13,14,15). The predicted molar refractivity (Wildman–Crippen MR) is 59.5 cm³/mol. The lowest BCUT2D eigenvalue weighted by atomic mass is 10.1. The number of anilines is 1. The highest BCUT2D eigenvalue weighted by Gasteiger charge is 2.16. The Morgan fingerprint density at radius 2 is 2.19 bits per heavy atom. The van der Waals surface area contributed by atoms with Crippen molar-refractivity contribution in [2.75, 3.05) is 5.32 Å². The molecule has 0 aliphatic rings. The van der Waals surface area contributed by atoms with E-state index >= 15 is 0 Å². The molecule has 0 saturated heterocycles. The molecule has 0 radical (unpaired) electrons. The van der Waals surface area contributed by atoms with Crippen LogP contribution in [0.3, 0.4) is 0 Å². The van der Waals surface area contributed by atoms with Crippen molar-refractivity contribution in [2.45, 2.75) is 20.8 Å². The van der Waals surface area contributed by atoms with Crippen LogP contribution in [0, 0.1) is 20.8 Å². The van der Waals surface area contributed by atoms with Crippen LogP contribution in [0.1, 0.15) is 27.4 Å². The second-order valence-corrected chi connectivity index (χ2v) is 3.74. The number of hydrogen-bond acceptors (Lipinski definition) is 3. The number of carbonyl (C=O) groups is 1. The van der Waals surface area contributed by atoms with Crippen LogP contribution in [0.25, 0.3) is 0 Å². The Hall–Kier alpha value is -2.04. The molecule has 0 bridgehead atoms. The number of aromatic nitrogens is 2. The Balaban J connectivity index is 2.21. The van der Waals surface area contributed by atoms with Gasteiger partial charge in [0.25, 0.3) is 5.91 Å². The maximum absolute atomic E-state index is 11.9. The Morgan fingerprint density at radius 3 is 2.69 bits per heavy atom. The van der Waals surface area contributed by atoms with E-state index in [2.05, 4.69) is 15.5 Å². The molecule has 0 fully saturated rings. The summed E-state index contributed by atoms with van der Waals surface area (Å²) in [7, 11) is 0. The first-order valence-electron chi connectivity index (χ1n) is 4.96. The minimum absolute atomic E-state index is 0.199. The maximum Gasteiger partial charge on any atom is 0.260 e. The lowest BCUT2D eigenvalue weighted by Crippen LogP contribution is -2.13. The zero-order valence-corrected chi connectivity index (χ0v) is 9.42. The molecule has 0 spiro atoms. The summed E-state index contributed by atoms with van der Waals surface area (Å²) in [5.41, 5.74) is 2.29. The van der Waals surface area contributed by atoms with E-state index in [1.54, 1.807) is 19.3 Å². The summed E-state index contributed by atoms with van der Waals surface area (Å²) in [6.07, 6.45) is 1.57. The van der Waals surface area contributed by atoms with E-state index in [1.165, 1.54) is 0 Å². The van der Waals surface area contributed by atoms with Crippen LogP contribution in [0.15, 0.2) is 16.7 Å². The molecule has 0 atom stereocenters. The number of amides is 1. The number of nitrogens with zero attached hydrogens (tertiary/aromatic N) is 1. The van der Waals surface area contributed by atoms with Gasteiger partial charge in [0.15, 0.2) is 5.82 Å². The number of carbonyl (C=O) groups excluding carboxylic acids is 1. The fourth-order valence-corrected chi connectivity index (χ4v) is 1.57. The molecule has 5 nitrogen and oxygen atoms in total. The number of nitrogens with one attached hydrogen (secondary N) is 2. The van der Waals surface area contributed by atoms with E-state index in [9.17, 15) is 4.79 Å². The third-order valence-electron chi connectivity index (χ3n) is 2.33. The highest BCUT2D eigenvalue weighted by Crippen LogP contribution is 2.17. The fraction of sp³-hybridized carbons (Fsp3) is 0.273. The summed E-state index contributed by atoms with van der Waals surface area (Å²) < 4.78 is 5.17. The number of furan rings is 1. The first kappa shape index (κ1) is 10.5. The molecule has 2 heterocycles. The van der Waals surface area contributed by atoms with Crippen molar-refractivity contribution in [1.29, 1.82) is 0 Å². The number of rotatable bonds is 2. The molecule has 0 aliphatic carbocycles. The van der Waals surface area contributed by atoms with Gasteiger partial charge in [-0.3, -0.25) is 9.89 Å². The summed E-state index contributed by atoms with van der Waals surface area (Å²) in [4.78, 5) is 11.9. The number of H-pyrrole nitrogens is 1. The average molecular weight is 219 g/mol. The molecule has 1 amide bonds. The van der Waals surface area contributed by atoms with Crippen LogP contribution in [0.4, 0.5) is 5.82 Å². The fourth-order valence-electron chi connectivity index (χ4n) is 1.57. The molecular weight excluding hydrogens is 206 g/mol. The molecule has 2 aromatic rings. The monoisotopic (exact) mass is 219 g/mol. The molecule has 0 aliphatic heterocycles. The SMILES string of the molecule is Cc1cc(NC(=O)c2c(C)coc2C)n[nH]1. The zero-order chi connectivity index (χ0) is 11.7. The van der Waals surface area contributed by atoms with E-state index in [0.717, 1.165) is 11.3 Å². The minimum Gasteiger partial charge on any atom is -0.469 e. The van der Waals surface area contributed by atoms with Crippen molar-refractivity contribution in [3.8, 4) is 0 Å². The Morgan fingerprint density at radius 1 is 1.44 bits per heavy atom. The van der Waals surface area contributed by atoms with Gasteiger partial charge < -0.3 is 9.73 Å². The summed E-state index contributed by atoms with van der Waals surface area (Å²) >= 11 is 0. The van der Waals surface area contributed by atoms with Gasteiger partial charge in [0, 0.05) is 17.3 Å². The van der Waals surface area contributed by atoms with Crippen LogP contribution in [-0.2, 0) is 0 Å². The second kappa shape index (κ2) is 3.84. The number of hydrogen-bond donors (Lipinski definition) is 2. The molecule has 84 valence electrons. The van der Waals surface area contributed by atoms with Crippen molar-refractivity contribution in [2.24, 2.45) is 0 Å². The van der Waals surface area contributed by atoms with Gasteiger partial charge in [-0.05, 0) is 20.8 Å². The lowest BCUT2D eigenvalue weighted by molar-refractivity contribution is 0.102. The summed E-state index contributed by atoms with van der Waals surface area (Å²) in [6, 6.07) is 1.77. The van der Waals surface area contributed by atoms with Crippen LogP contribution in [0.5, 0.6) is 0 Å². The average Bonchev–Trinajstić information content (AvgIpc) is 2.74. The van der Waals surface area contributed by atoms with Gasteiger partial charge in [0.05, 0.1) is 11.8 Å². The predicted octanol–water partition coefficient (Wildman–Crippen LogP) is 2.18. The molecule has 0 saturated carbocycles. The van der Waals surface area contributed by atoms with Crippen molar-refractivity contribution < 1.29 is 9.21 Å². The van der Waals surface area contributed by atoms with E-state index in [-0.39, 0.29) is 5.91 Å². The molecular formula is C11H13N3O2. The second-order valence-electron chi connectivity index (χ2n) is 3.74. The van der Waals surface area contributed by atoms with Crippen LogP contribution >= 0.6 is 0 Å². The van der Waals surface area contributed by atoms with Crippen molar-refractivity contribution in [1.82, 2.24) is 10.2 Å². The van der Waals surface area contributed by atoms with Gasteiger partial charge in [0.1, 0.15) is 5.76 Å². The summed E-state index contributed by atoms with van der Waals surface area (Å²) in [5.74, 6) is 0.931. The first-order chi connectivity index (χ1) is 7.58. The minimum atomic E-state index is -0.199. The third kappa shape index (κ3) is 1.84. The van der Waals surface area contributed by atoms with Crippen LogP contribution in [0.2, 0.25) is 0 Å². The first-order valence-corrected chi connectivity index (χ1v) is 4.96. The molecule has 0 aromatic carbocycles. The molecule has 0 unspecified atom stereocenters. The third-order valence-corrected chi connectivity index (χ3v) is 2.33. The molecule has 2 aromatic heterocycles. The maximum atomic E-state index is 11.9. The highest BCUT2D eigenvalue weighted by atomic mass is 16.3. The highest BCUT2D eigenvalue weighted by molar-refractivity contribution is 6.05. The summed E-state index contributed by atoms with van der Waals surface area (Å²) in [5, 5.41) is 9.40.